The van der Waals surface area contributed by atoms with E-state index in [1.807, 2.05) is 6.07 Å². The lowest BCUT2D eigenvalue weighted by Gasteiger charge is -2.04. The third kappa shape index (κ3) is 3.34. The molecule has 0 bridgehead atoms. The van der Waals surface area contributed by atoms with Crippen molar-refractivity contribution in [1.82, 2.24) is 15.1 Å². The molecule has 1 aromatic carbocycles. The number of nitrogens with one attached hydrogen (secondary N) is 1. The molecule has 2 aromatic rings. The molecule has 20 heavy (non-hydrogen) atoms. The lowest BCUT2D eigenvalue weighted by molar-refractivity contribution is -0.384. The number of hydrogen-bond donors (Lipinski definition) is 1. The lowest BCUT2D eigenvalue weighted by atomic mass is 10.3. The Morgan fingerprint density at radius 2 is 2.25 bits per heavy atom. The third-order valence-electron chi connectivity index (χ3n) is 2.76. The average molecular weight is 295 g/mol. The number of rotatable bonds is 6. The van der Waals surface area contributed by atoms with Crippen LogP contribution in [0.15, 0.2) is 30.5 Å². The fraction of sp³-hybridized carbons (Fsp3) is 0.308. The van der Waals surface area contributed by atoms with E-state index >= 15 is 0 Å². The van der Waals surface area contributed by atoms with E-state index in [9.17, 15) is 10.1 Å². The van der Waals surface area contributed by atoms with Crippen molar-refractivity contribution >= 4 is 17.3 Å². The van der Waals surface area contributed by atoms with E-state index in [0.29, 0.717) is 17.3 Å². The second kappa shape index (κ2) is 6.49. The van der Waals surface area contributed by atoms with Crippen LogP contribution in [0.2, 0.25) is 5.02 Å². The average Bonchev–Trinajstić information content (AvgIpc) is 2.87. The van der Waals surface area contributed by atoms with Gasteiger partial charge < -0.3 is 5.32 Å². The maximum Gasteiger partial charge on any atom is 0.294 e. The predicted octanol–water partition coefficient (Wildman–Crippen LogP) is 2.93. The molecule has 6 nitrogen and oxygen atoms in total. The minimum atomic E-state index is -0.442. The zero-order chi connectivity index (χ0) is 14.5. The van der Waals surface area contributed by atoms with Gasteiger partial charge in [0.2, 0.25) is 0 Å². The molecule has 1 heterocycles. The first-order valence-electron chi connectivity index (χ1n) is 6.31. The summed E-state index contributed by atoms with van der Waals surface area (Å²) in [6.45, 7) is 3.63. The molecule has 0 aliphatic carbocycles. The van der Waals surface area contributed by atoms with Crippen molar-refractivity contribution in [2.75, 3.05) is 6.54 Å². The van der Waals surface area contributed by atoms with Gasteiger partial charge >= 0.3 is 0 Å². The summed E-state index contributed by atoms with van der Waals surface area (Å²) in [5.74, 6) is 0. The molecule has 0 saturated heterocycles. The van der Waals surface area contributed by atoms with Gasteiger partial charge in [0.25, 0.3) is 5.69 Å². The summed E-state index contributed by atoms with van der Waals surface area (Å²) in [7, 11) is 0. The Kier molecular flexibility index (Phi) is 4.70. The molecule has 0 amide bonds. The van der Waals surface area contributed by atoms with E-state index in [4.69, 9.17) is 11.6 Å². The van der Waals surface area contributed by atoms with Gasteiger partial charge in [-0.15, -0.1) is 0 Å². The highest BCUT2D eigenvalue weighted by Crippen LogP contribution is 2.25. The Morgan fingerprint density at radius 3 is 2.95 bits per heavy atom. The molecule has 0 radical (unpaired) electrons. The summed E-state index contributed by atoms with van der Waals surface area (Å²) in [6.07, 6.45) is 2.74. The Labute approximate surface area is 121 Å². The number of nitro benzene ring substituents is 1. The first kappa shape index (κ1) is 14.5. The molecule has 2 rings (SSSR count). The molecular weight excluding hydrogens is 280 g/mol. The van der Waals surface area contributed by atoms with Gasteiger partial charge in [0.1, 0.15) is 5.69 Å². The van der Waals surface area contributed by atoms with Gasteiger partial charge in [-0.25, -0.2) is 4.68 Å². The number of nitro groups is 1. The monoisotopic (exact) mass is 294 g/mol. The second-order valence-corrected chi connectivity index (χ2v) is 4.76. The quantitative estimate of drug-likeness (QED) is 0.505. The molecule has 0 saturated carbocycles. The Balaban J connectivity index is 2.27. The maximum atomic E-state index is 11.0. The highest BCUT2D eigenvalue weighted by Gasteiger charge is 2.16. The summed E-state index contributed by atoms with van der Waals surface area (Å²) < 4.78 is 1.48. The number of aromatic nitrogens is 2. The SMILES string of the molecule is CCCNCc1ccn(-c2cc(Cl)ccc2[N+](=O)[O-])n1. The van der Waals surface area contributed by atoms with E-state index in [1.165, 1.54) is 22.9 Å². The van der Waals surface area contributed by atoms with Crippen LogP contribution in [-0.2, 0) is 6.54 Å². The number of hydrogen-bond acceptors (Lipinski definition) is 4. The summed E-state index contributed by atoms with van der Waals surface area (Å²) in [4.78, 5) is 10.6. The summed E-state index contributed by atoms with van der Waals surface area (Å²) in [5.41, 5.74) is 1.17. The van der Waals surface area contributed by atoms with Gasteiger partial charge in [-0.3, -0.25) is 10.1 Å². The van der Waals surface area contributed by atoms with Crippen LogP contribution in [-0.4, -0.2) is 21.2 Å². The first-order valence-corrected chi connectivity index (χ1v) is 6.69. The molecule has 0 atom stereocenters. The van der Waals surface area contributed by atoms with Crippen LogP contribution in [0.1, 0.15) is 19.0 Å². The molecule has 0 fully saturated rings. The molecule has 0 aliphatic heterocycles. The van der Waals surface area contributed by atoms with Crippen LogP contribution >= 0.6 is 11.6 Å². The highest BCUT2D eigenvalue weighted by atomic mass is 35.5. The zero-order valence-corrected chi connectivity index (χ0v) is 11.8. The van der Waals surface area contributed by atoms with Gasteiger partial charge in [-0.2, -0.15) is 5.10 Å². The Hall–Kier alpha value is -1.92. The normalized spacial score (nSPS) is 10.7. The van der Waals surface area contributed by atoms with Crippen LogP contribution in [0.3, 0.4) is 0 Å². The largest absolute Gasteiger partial charge is 0.311 e. The van der Waals surface area contributed by atoms with E-state index in [2.05, 4.69) is 17.3 Å². The van der Waals surface area contributed by atoms with Crippen molar-refractivity contribution in [2.45, 2.75) is 19.9 Å². The van der Waals surface area contributed by atoms with Crippen LogP contribution in [0.4, 0.5) is 5.69 Å². The summed E-state index contributed by atoms with van der Waals surface area (Å²) in [6, 6.07) is 6.24. The van der Waals surface area contributed by atoms with Gasteiger partial charge in [-0.1, -0.05) is 18.5 Å². The third-order valence-corrected chi connectivity index (χ3v) is 2.99. The number of nitrogens with zero attached hydrogens (tertiary/aromatic N) is 3. The maximum absolute atomic E-state index is 11.0. The van der Waals surface area contributed by atoms with Gasteiger partial charge in [0, 0.05) is 23.8 Å². The smallest absolute Gasteiger partial charge is 0.294 e. The van der Waals surface area contributed by atoms with Crippen molar-refractivity contribution < 1.29 is 4.92 Å². The van der Waals surface area contributed by atoms with Crippen molar-refractivity contribution in [3.05, 3.63) is 51.3 Å². The van der Waals surface area contributed by atoms with Crippen molar-refractivity contribution in [2.24, 2.45) is 0 Å². The molecule has 0 aliphatic rings. The molecule has 7 heteroatoms. The van der Waals surface area contributed by atoms with Crippen molar-refractivity contribution in [3.8, 4) is 5.69 Å². The molecule has 0 unspecified atom stereocenters. The van der Waals surface area contributed by atoms with Crippen LogP contribution in [0.5, 0.6) is 0 Å². The predicted molar refractivity (Wildman–Crippen MR) is 77.2 cm³/mol. The molecule has 1 aromatic heterocycles. The van der Waals surface area contributed by atoms with E-state index < -0.39 is 4.92 Å². The minimum Gasteiger partial charge on any atom is -0.311 e. The molecule has 106 valence electrons. The van der Waals surface area contributed by atoms with Crippen LogP contribution in [0.25, 0.3) is 5.69 Å². The van der Waals surface area contributed by atoms with Gasteiger partial charge in [0.15, 0.2) is 0 Å². The van der Waals surface area contributed by atoms with Gasteiger partial charge in [0.05, 0.1) is 10.6 Å². The fourth-order valence-electron chi connectivity index (χ4n) is 1.82. The lowest BCUT2D eigenvalue weighted by Crippen LogP contribution is -2.14. The highest BCUT2D eigenvalue weighted by molar-refractivity contribution is 6.30. The fourth-order valence-corrected chi connectivity index (χ4v) is 1.98. The second-order valence-electron chi connectivity index (χ2n) is 4.32. The van der Waals surface area contributed by atoms with Crippen LogP contribution in [0, 0.1) is 10.1 Å². The van der Waals surface area contributed by atoms with Gasteiger partial charge in [-0.05, 0) is 31.2 Å². The standard InChI is InChI=1S/C13H15ClN4O2/c1-2-6-15-9-11-5-7-17(16-11)13-8-10(14)3-4-12(13)18(19)20/h3-5,7-8,15H,2,6,9H2,1H3. The first-order chi connectivity index (χ1) is 9.61. The number of halogens is 1. The minimum absolute atomic E-state index is 0.0226. The molecular formula is C13H15ClN4O2. The van der Waals surface area contributed by atoms with Crippen LogP contribution < -0.4 is 5.32 Å². The Bertz CT molecular complexity index is 612. The molecule has 0 spiro atoms. The summed E-state index contributed by atoms with van der Waals surface area (Å²) >= 11 is 5.90. The zero-order valence-electron chi connectivity index (χ0n) is 11.0. The van der Waals surface area contributed by atoms with E-state index in [1.54, 1.807) is 6.20 Å². The van der Waals surface area contributed by atoms with E-state index in [0.717, 1.165) is 18.7 Å². The summed E-state index contributed by atoms with van der Waals surface area (Å²) in [5, 5.41) is 19.0. The van der Waals surface area contributed by atoms with Crippen molar-refractivity contribution in [3.63, 3.8) is 0 Å². The van der Waals surface area contributed by atoms with Crippen molar-refractivity contribution in [1.29, 1.82) is 0 Å². The van der Waals surface area contributed by atoms with E-state index in [-0.39, 0.29) is 5.69 Å². The molecule has 1 N–H and O–H groups in total. The Morgan fingerprint density at radius 1 is 1.45 bits per heavy atom. The number of benzene rings is 1. The topological polar surface area (TPSA) is 73.0 Å².